The van der Waals surface area contributed by atoms with E-state index in [0.717, 1.165) is 6.07 Å². The molecule has 2 atom stereocenters. The minimum atomic E-state index is -4.47. The lowest BCUT2D eigenvalue weighted by atomic mass is 9.94. The van der Waals surface area contributed by atoms with E-state index in [-0.39, 0.29) is 6.42 Å². The van der Waals surface area contributed by atoms with Crippen LogP contribution in [-0.4, -0.2) is 35.4 Å². The molecular formula is C12H18F3N3O2. The molecule has 0 aromatic carbocycles. The van der Waals surface area contributed by atoms with E-state index in [4.69, 9.17) is 4.74 Å². The maximum absolute atomic E-state index is 12.5. The molecule has 0 aliphatic heterocycles. The van der Waals surface area contributed by atoms with Gasteiger partial charge in [0.1, 0.15) is 5.54 Å². The molecule has 2 unspecified atom stereocenters. The zero-order valence-electron chi connectivity index (χ0n) is 11.8. The summed E-state index contributed by atoms with van der Waals surface area (Å²) < 4.78 is 43.4. The molecule has 5 nitrogen and oxygen atoms in total. The van der Waals surface area contributed by atoms with E-state index in [1.54, 1.807) is 20.9 Å². The van der Waals surface area contributed by atoms with Crippen molar-refractivity contribution < 1.29 is 22.7 Å². The fourth-order valence-corrected chi connectivity index (χ4v) is 1.93. The number of alkyl halides is 3. The molecule has 0 bridgehead atoms. The zero-order valence-corrected chi connectivity index (χ0v) is 11.8. The Balaban J connectivity index is 2.88. The second-order valence-electron chi connectivity index (χ2n) is 4.81. The molecule has 114 valence electrons. The number of carbonyl (C=O) groups is 1. The van der Waals surface area contributed by atoms with Gasteiger partial charge in [0, 0.05) is 6.20 Å². The largest absolute Gasteiger partial charge is 0.468 e. The van der Waals surface area contributed by atoms with Crippen LogP contribution in [0.3, 0.4) is 0 Å². The third-order valence-electron chi connectivity index (χ3n) is 3.24. The Hall–Kier alpha value is -1.57. The molecule has 1 aromatic rings. The van der Waals surface area contributed by atoms with Crippen molar-refractivity contribution in [3.63, 3.8) is 0 Å². The van der Waals surface area contributed by atoms with Crippen LogP contribution in [0.25, 0.3) is 0 Å². The van der Waals surface area contributed by atoms with E-state index in [2.05, 4.69) is 10.4 Å². The molecule has 1 heterocycles. The van der Waals surface area contributed by atoms with E-state index in [9.17, 15) is 18.0 Å². The van der Waals surface area contributed by atoms with Gasteiger partial charge in [-0.15, -0.1) is 0 Å². The summed E-state index contributed by atoms with van der Waals surface area (Å²) in [5.41, 5.74) is -1.94. The average molecular weight is 293 g/mol. The first kappa shape index (κ1) is 16.5. The summed E-state index contributed by atoms with van der Waals surface area (Å²) >= 11 is 0. The second kappa shape index (κ2) is 5.82. The standard InChI is InChI=1S/C12H18F3N3O2/c1-8(7-11(2,16-3)10(19)20-4)18-6-5-9(17-18)12(13,14)15/h5-6,8,16H,7H2,1-4H3. The third kappa shape index (κ3) is 3.50. The highest BCUT2D eigenvalue weighted by Gasteiger charge is 2.37. The van der Waals surface area contributed by atoms with Gasteiger partial charge in [-0.05, 0) is 33.4 Å². The van der Waals surface area contributed by atoms with Gasteiger partial charge in [0.15, 0.2) is 5.69 Å². The van der Waals surface area contributed by atoms with Crippen molar-refractivity contribution in [2.45, 2.75) is 38.0 Å². The number of likely N-dealkylation sites (N-methyl/N-ethyl adjacent to an activating group) is 1. The maximum Gasteiger partial charge on any atom is 0.435 e. The van der Waals surface area contributed by atoms with Gasteiger partial charge in [-0.25, -0.2) is 0 Å². The van der Waals surface area contributed by atoms with Crippen LogP contribution < -0.4 is 5.32 Å². The van der Waals surface area contributed by atoms with Gasteiger partial charge in [-0.1, -0.05) is 0 Å². The Bertz CT molecular complexity index is 473. The summed E-state index contributed by atoms with van der Waals surface area (Å²) in [6.07, 6.45) is -2.98. The molecule has 0 fully saturated rings. The molecule has 8 heteroatoms. The van der Waals surface area contributed by atoms with E-state index in [1.165, 1.54) is 18.0 Å². The SMILES string of the molecule is CNC(C)(CC(C)n1ccc(C(F)(F)F)n1)C(=O)OC. The molecule has 0 saturated carbocycles. The minimum Gasteiger partial charge on any atom is -0.468 e. The molecule has 1 rings (SSSR count). The number of nitrogens with one attached hydrogen (secondary N) is 1. The van der Waals surface area contributed by atoms with Crippen LogP contribution >= 0.6 is 0 Å². The van der Waals surface area contributed by atoms with Gasteiger partial charge in [0.25, 0.3) is 0 Å². The van der Waals surface area contributed by atoms with Gasteiger partial charge in [0.2, 0.25) is 0 Å². The fourth-order valence-electron chi connectivity index (χ4n) is 1.93. The lowest BCUT2D eigenvalue weighted by Crippen LogP contribution is -2.49. The van der Waals surface area contributed by atoms with Crippen molar-refractivity contribution >= 4 is 5.97 Å². The van der Waals surface area contributed by atoms with Crippen LogP contribution in [0.1, 0.15) is 32.0 Å². The van der Waals surface area contributed by atoms with Crippen LogP contribution in [0.5, 0.6) is 0 Å². The highest BCUT2D eigenvalue weighted by molar-refractivity contribution is 5.80. The van der Waals surface area contributed by atoms with Gasteiger partial charge in [-0.2, -0.15) is 18.3 Å². The fraction of sp³-hybridized carbons (Fsp3) is 0.667. The summed E-state index contributed by atoms with van der Waals surface area (Å²) in [4.78, 5) is 11.7. The highest BCUT2D eigenvalue weighted by atomic mass is 19.4. The summed E-state index contributed by atoms with van der Waals surface area (Å²) in [7, 11) is 2.85. The quantitative estimate of drug-likeness (QED) is 0.844. The van der Waals surface area contributed by atoms with Crippen molar-refractivity contribution in [1.82, 2.24) is 15.1 Å². The predicted molar refractivity (Wildman–Crippen MR) is 66.0 cm³/mol. The molecule has 1 aromatic heterocycles. The van der Waals surface area contributed by atoms with Crippen molar-refractivity contribution in [3.05, 3.63) is 18.0 Å². The lowest BCUT2D eigenvalue weighted by molar-refractivity contribution is -0.148. The Morgan fingerprint density at radius 1 is 1.55 bits per heavy atom. The molecule has 0 aliphatic carbocycles. The molecule has 0 aliphatic rings. The summed E-state index contributed by atoms with van der Waals surface area (Å²) in [6, 6.07) is 0.508. The van der Waals surface area contributed by atoms with Crippen LogP contribution in [-0.2, 0) is 15.7 Å². The molecule has 20 heavy (non-hydrogen) atoms. The molecule has 0 amide bonds. The molecule has 0 radical (unpaired) electrons. The minimum absolute atomic E-state index is 0.245. The van der Waals surface area contributed by atoms with E-state index >= 15 is 0 Å². The van der Waals surface area contributed by atoms with Crippen molar-refractivity contribution in [3.8, 4) is 0 Å². The summed E-state index contributed by atoms with van der Waals surface area (Å²) in [5.74, 6) is -0.477. The number of hydrogen-bond acceptors (Lipinski definition) is 4. The van der Waals surface area contributed by atoms with Crippen LogP contribution in [0, 0.1) is 0 Å². The molecular weight excluding hydrogens is 275 g/mol. The number of carbonyl (C=O) groups excluding carboxylic acids is 1. The van der Waals surface area contributed by atoms with Crippen molar-refractivity contribution in [2.75, 3.05) is 14.2 Å². The Labute approximate surface area is 115 Å². The van der Waals surface area contributed by atoms with E-state index in [1.807, 2.05) is 0 Å². The molecule has 0 spiro atoms. The first-order valence-electron chi connectivity index (χ1n) is 6.03. The third-order valence-corrected chi connectivity index (χ3v) is 3.24. The monoisotopic (exact) mass is 293 g/mol. The molecule has 1 N–H and O–H groups in total. The lowest BCUT2D eigenvalue weighted by Gasteiger charge is -2.29. The normalized spacial score (nSPS) is 16.6. The average Bonchev–Trinajstić information content (AvgIpc) is 2.87. The van der Waals surface area contributed by atoms with Crippen molar-refractivity contribution in [1.29, 1.82) is 0 Å². The Morgan fingerprint density at radius 3 is 2.55 bits per heavy atom. The van der Waals surface area contributed by atoms with Crippen LogP contribution in [0.4, 0.5) is 13.2 Å². The van der Waals surface area contributed by atoms with Crippen LogP contribution in [0.15, 0.2) is 12.3 Å². The number of aromatic nitrogens is 2. The topological polar surface area (TPSA) is 56.2 Å². The van der Waals surface area contributed by atoms with Gasteiger partial charge >= 0.3 is 12.1 Å². The molecule has 0 saturated heterocycles. The van der Waals surface area contributed by atoms with Crippen molar-refractivity contribution in [2.24, 2.45) is 0 Å². The number of methoxy groups -OCH3 is 1. The van der Waals surface area contributed by atoms with Gasteiger partial charge in [0.05, 0.1) is 13.2 Å². The number of rotatable bonds is 5. The van der Waals surface area contributed by atoms with Crippen LogP contribution in [0.2, 0.25) is 0 Å². The Morgan fingerprint density at radius 2 is 2.15 bits per heavy atom. The number of halogens is 3. The van der Waals surface area contributed by atoms with E-state index in [0.29, 0.717) is 0 Å². The smallest absolute Gasteiger partial charge is 0.435 e. The van der Waals surface area contributed by atoms with E-state index < -0.39 is 29.4 Å². The maximum atomic E-state index is 12.5. The predicted octanol–water partition coefficient (Wildman–Crippen LogP) is 2.00. The first-order valence-corrected chi connectivity index (χ1v) is 6.03. The van der Waals surface area contributed by atoms with Gasteiger partial charge < -0.3 is 10.1 Å². The summed E-state index contributed by atoms with van der Waals surface area (Å²) in [6.45, 7) is 3.31. The second-order valence-corrected chi connectivity index (χ2v) is 4.81. The van der Waals surface area contributed by atoms with Gasteiger partial charge in [-0.3, -0.25) is 9.48 Å². The number of ether oxygens (including phenoxy) is 1. The number of esters is 1. The highest BCUT2D eigenvalue weighted by Crippen LogP contribution is 2.29. The zero-order chi connectivity index (χ0) is 15.6. The first-order chi connectivity index (χ1) is 9.14. The number of nitrogens with zero attached hydrogens (tertiary/aromatic N) is 2. The summed E-state index contributed by atoms with van der Waals surface area (Å²) in [5, 5.41) is 6.33. The number of hydrogen-bond donors (Lipinski definition) is 1. The Kier molecular flexibility index (Phi) is 4.80.